The molecule has 0 saturated heterocycles. The highest BCUT2D eigenvalue weighted by molar-refractivity contribution is 7.99. The lowest BCUT2D eigenvalue weighted by Crippen LogP contribution is -2.08. The van der Waals surface area contributed by atoms with Gasteiger partial charge < -0.3 is 10.4 Å². The monoisotopic (exact) mass is 275 g/mol. The summed E-state index contributed by atoms with van der Waals surface area (Å²) in [5.74, 6) is -1.18. The number of carboxylic acid groups (broad SMARTS) is 1. The van der Waals surface area contributed by atoms with Crippen molar-refractivity contribution in [2.24, 2.45) is 0 Å². The molecule has 0 spiro atoms. The van der Waals surface area contributed by atoms with Gasteiger partial charge in [-0.3, -0.25) is 0 Å². The summed E-state index contributed by atoms with van der Waals surface area (Å²) in [6.07, 6.45) is 0.790. The predicted molar refractivity (Wildman–Crippen MR) is 69.4 cm³/mol. The number of aromatic carboxylic acids is 1. The summed E-state index contributed by atoms with van der Waals surface area (Å²) in [7, 11) is 0. The fraction of sp³-hybridized carbons (Fsp3) is 0.417. The Morgan fingerprint density at radius 1 is 1.39 bits per heavy atom. The van der Waals surface area contributed by atoms with E-state index in [4.69, 9.17) is 5.11 Å². The molecular weight excluding hydrogens is 260 g/mol. The molecule has 0 radical (unpaired) electrons. The fourth-order valence-corrected chi connectivity index (χ4v) is 2.03. The first kappa shape index (κ1) is 14.8. The highest BCUT2D eigenvalue weighted by Gasteiger charge is 2.13. The fourth-order valence-electron chi connectivity index (χ4n) is 1.40. The zero-order valence-corrected chi connectivity index (χ0v) is 10.8. The number of hydrogen-bond acceptors (Lipinski definition) is 3. The highest BCUT2D eigenvalue weighted by Crippen LogP contribution is 2.21. The molecule has 1 rings (SSSR count). The van der Waals surface area contributed by atoms with Crippen LogP contribution in [0.25, 0.3) is 0 Å². The molecule has 6 heteroatoms. The molecule has 18 heavy (non-hydrogen) atoms. The minimum absolute atomic E-state index is 0.263. The van der Waals surface area contributed by atoms with Crippen LogP contribution in [-0.2, 0) is 0 Å². The van der Waals surface area contributed by atoms with Crippen molar-refractivity contribution < 1.29 is 18.7 Å². The Balaban J connectivity index is 2.63. The number of halogens is 2. The molecule has 3 nitrogen and oxygen atoms in total. The van der Waals surface area contributed by atoms with Gasteiger partial charge in [-0.15, -0.1) is 0 Å². The first-order valence-corrected chi connectivity index (χ1v) is 6.75. The van der Waals surface area contributed by atoms with Crippen LogP contribution in [-0.4, -0.2) is 29.1 Å². The van der Waals surface area contributed by atoms with Crippen molar-refractivity contribution in [2.75, 3.05) is 23.4 Å². The number of thioether (sulfide) groups is 1. The average molecular weight is 275 g/mol. The highest BCUT2D eigenvalue weighted by atomic mass is 32.2. The molecule has 0 fully saturated rings. The van der Waals surface area contributed by atoms with Crippen molar-refractivity contribution in [1.29, 1.82) is 0 Å². The van der Waals surface area contributed by atoms with Crippen molar-refractivity contribution in [3.63, 3.8) is 0 Å². The summed E-state index contributed by atoms with van der Waals surface area (Å²) in [4.78, 5) is 10.6. The van der Waals surface area contributed by atoms with Gasteiger partial charge in [0.05, 0.1) is 5.56 Å². The Kier molecular flexibility index (Phi) is 5.91. The Labute approximate surface area is 109 Å². The lowest BCUT2D eigenvalue weighted by atomic mass is 10.2. The number of rotatable bonds is 7. The van der Waals surface area contributed by atoms with E-state index in [1.807, 2.05) is 6.92 Å². The third-order valence-electron chi connectivity index (χ3n) is 2.26. The number of anilines is 1. The summed E-state index contributed by atoms with van der Waals surface area (Å²) in [5, 5.41) is 11.3. The predicted octanol–water partition coefficient (Wildman–Crippen LogP) is 3.22. The van der Waals surface area contributed by atoms with Crippen LogP contribution in [0.1, 0.15) is 23.7 Å². The second-order valence-electron chi connectivity index (χ2n) is 3.60. The molecule has 0 atom stereocenters. The van der Waals surface area contributed by atoms with Gasteiger partial charge in [0.25, 0.3) is 0 Å². The Morgan fingerprint density at radius 3 is 2.50 bits per heavy atom. The van der Waals surface area contributed by atoms with Crippen LogP contribution in [0, 0.1) is 11.6 Å². The molecule has 0 bridgehead atoms. The molecule has 0 aliphatic heterocycles. The second kappa shape index (κ2) is 7.20. The third-order valence-corrected chi connectivity index (χ3v) is 3.25. The maximum absolute atomic E-state index is 13.5. The summed E-state index contributed by atoms with van der Waals surface area (Å²) in [6, 6.07) is 1.63. The molecule has 1 aromatic rings. The lowest BCUT2D eigenvalue weighted by molar-refractivity contribution is 0.0696. The van der Waals surface area contributed by atoms with E-state index in [9.17, 15) is 13.6 Å². The lowest BCUT2D eigenvalue weighted by Gasteiger charge is -2.09. The van der Waals surface area contributed by atoms with Gasteiger partial charge in [-0.2, -0.15) is 11.8 Å². The maximum atomic E-state index is 13.5. The van der Waals surface area contributed by atoms with Crippen molar-refractivity contribution in [3.8, 4) is 0 Å². The molecule has 0 aliphatic rings. The molecule has 1 aromatic carbocycles. The Hall–Kier alpha value is -1.30. The van der Waals surface area contributed by atoms with Crippen LogP contribution < -0.4 is 5.32 Å². The number of carboxylic acids is 1. The van der Waals surface area contributed by atoms with Crippen LogP contribution in [0.4, 0.5) is 14.5 Å². The van der Waals surface area contributed by atoms with Crippen LogP contribution in [0.3, 0.4) is 0 Å². The van der Waals surface area contributed by atoms with Gasteiger partial charge >= 0.3 is 5.97 Å². The molecule has 100 valence electrons. The Bertz CT molecular complexity index is 404. The summed E-state index contributed by atoms with van der Waals surface area (Å²) < 4.78 is 27.0. The SMILES string of the molecule is CCSCCCNc1c(F)cc(C(=O)O)cc1F. The molecule has 2 N–H and O–H groups in total. The van der Waals surface area contributed by atoms with Crippen molar-refractivity contribution in [2.45, 2.75) is 13.3 Å². The van der Waals surface area contributed by atoms with E-state index in [0.29, 0.717) is 6.54 Å². The smallest absolute Gasteiger partial charge is 0.335 e. The van der Waals surface area contributed by atoms with E-state index >= 15 is 0 Å². The number of hydrogen-bond donors (Lipinski definition) is 2. The molecule has 0 heterocycles. The second-order valence-corrected chi connectivity index (χ2v) is 4.99. The van der Waals surface area contributed by atoms with Gasteiger partial charge in [0, 0.05) is 6.54 Å². The first-order chi connectivity index (χ1) is 8.56. The van der Waals surface area contributed by atoms with E-state index < -0.39 is 23.2 Å². The van der Waals surface area contributed by atoms with Gasteiger partial charge in [-0.25, -0.2) is 13.6 Å². The average Bonchev–Trinajstić information content (AvgIpc) is 2.31. The molecule has 0 aromatic heterocycles. The third kappa shape index (κ3) is 4.18. The number of carbonyl (C=O) groups is 1. The van der Waals surface area contributed by atoms with Crippen molar-refractivity contribution >= 4 is 23.4 Å². The van der Waals surface area contributed by atoms with E-state index in [-0.39, 0.29) is 5.69 Å². The van der Waals surface area contributed by atoms with Gasteiger partial charge in [0.15, 0.2) is 0 Å². The normalized spacial score (nSPS) is 10.4. The van der Waals surface area contributed by atoms with E-state index in [2.05, 4.69) is 5.32 Å². The molecular formula is C12H15F2NO2S. The molecule has 0 saturated carbocycles. The summed E-state index contributed by atoms with van der Waals surface area (Å²) >= 11 is 1.75. The quantitative estimate of drug-likeness (QED) is 0.750. The van der Waals surface area contributed by atoms with E-state index in [0.717, 1.165) is 30.1 Å². The van der Waals surface area contributed by atoms with Crippen LogP contribution in [0.5, 0.6) is 0 Å². The van der Waals surface area contributed by atoms with Crippen LogP contribution in [0.2, 0.25) is 0 Å². The maximum Gasteiger partial charge on any atom is 0.335 e. The van der Waals surface area contributed by atoms with Crippen molar-refractivity contribution in [1.82, 2.24) is 0 Å². The zero-order valence-electron chi connectivity index (χ0n) is 10.0. The van der Waals surface area contributed by atoms with Gasteiger partial charge in [0.2, 0.25) is 0 Å². The summed E-state index contributed by atoms with van der Waals surface area (Å²) in [5.41, 5.74) is -0.654. The molecule has 0 aliphatic carbocycles. The minimum atomic E-state index is -1.35. The topological polar surface area (TPSA) is 49.3 Å². The van der Waals surface area contributed by atoms with Crippen molar-refractivity contribution in [3.05, 3.63) is 29.3 Å². The van der Waals surface area contributed by atoms with Gasteiger partial charge in [-0.05, 0) is 30.1 Å². The molecule has 0 unspecified atom stereocenters. The van der Waals surface area contributed by atoms with Gasteiger partial charge in [-0.1, -0.05) is 6.92 Å². The molecule has 0 amide bonds. The standard InChI is InChI=1S/C12H15F2NO2S/c1-2-18-5-3-4-15-11-9(13)6-8(12(16)17)7-10(11)14/h6-7,15H,2-5H2,1H3,(H,16,17). The van der Waals surface area contributed by atoms with Crippen LogP contribution >= 0.6 is 11.8 Å². The van der Waals surface area contributed by atoms with Crippen LogP contribution in [0.15, 0.2) is 12.1 Å². The largest absolute Gasteiger partial charge is 0.478 e. The number of benzene rings is 1. The number of nitrogens with one attached hydrogen (secondary N) is 1. The first-order valence-electron chi connectivity index (χ1n) is 5.60. The van der Waals surface area contributed by atoms with E-state index in [1.54, 1.807) is 11.8 Å². The van der Waals surface area contributed by atoms with Gasteiger partial charge in [0.1, 0.15) is 17.3 Å². The van der Waals surface area contributed by atoms with E-state index in [1.165, 1.54) is 0 Å². The zero-order chi connectivity index (χ0) is 13.5. The summed E-state index contributed by atoms with van der Waals surface area (Å²) in [6.45, 7) is 2.50. The Morgan fingerprint density at radius 2 is 2.00 bits per heavy atom. The minimum Gasteiger partial charge on any atom is -0.478 e.